The van der Waals surface area contributed by atoms with Crippen LogP contribution in [-0.2, 0) is 14.4 Å². The molecule has 1 aliphatic heterocycles. The number of hydrogen-bond donors (Lipinski definition) is 1. The molecule has 22 heavy (non-hydrogen) atoms. The van der Waals surface area contributed by atoms with Crippen LogP contribution in [0.2, 0.25) is 0 Å². The summed E-state index contributed by atoms with van der Waals surface area (Å²) in [4.78, 5) is 38.4. The van der Waals surface area contributed by atoms with Crippen LogP contribution in [0.5, 0.6) is 0 Å². The monoisotopic (exact) mass is 453 g/mol. The highest BCUT2D eigenvalue weighted by Gasteiger charge is 2.67. The van der Waals surface area contributed by atoms with Gasteiger partial charge < -0.3 is 5.11 Å². The number of nitrogens with zero attached hydrogens (tertiary/aromatic N) is 1. The third-order valence-electron chi connectivity index (χ3n) is 5.21. The van der Waals surface area contributed by atoms with E-state index in [9.17, 15) is 19.5 Å². The number of hydrogen-bond acceptors (Lipinski definition) is 4. The molecule has 3 fully saturated rings. The van der Waals surface area contributed by atoms with Crippen molar-refractivity contribution in [3.05, 3.63) is 0 Å². The second-order valence-electron chi connectivity index (χ2n) is 6.19. The SMILES string of the molecule is CSCC[C@H](C(=O)O)N1C(=O)[C@@H]2[C@H]3C[C@@H]([C@@H](Br)[C@H]3Br)[C@H]2C1=O. The molecule has 1 N–H and O–H groups in total. The number of likely N-dealkylation sites (tertiary alicyclic amines) is 1. The molecule has 1 saturated heterocycles. The maximum atomic E-state index is 12.7. The Bertz CT molecular complexity index is 499. The van der Waals surface area contributed by atoms with Gasteiger partial charge in [-0.15, -0.1) is 0 Å². The predicted molar refractivity (Wildman–Crippen MR) is 90.3 cm³/mol. The molecular formula is C14H17Br2NO4S. The van der Waals surface area contributed by atoms with Crippen molar-refractivity contribution < 1.29 is 19.5 Å². The average molecular weight is 455 g/mol. The molecule has 2 aliphatic carbocycles. The van der Waals surface area contributed by atoms with Crippen molar-refractivity contribution in [1.29, 1.82) is 0 Å². The number of aliphatic carboxylic acids is 1. The van der Waals surface area contributed by atoms with E-state index in [2.05, 4.69) is 31.9 Å². The third kappa shape index (κ3) is 2.28. The van der Waals surface area contributed by atoms with Crippen molar-refractivity contribution in [2.45, 2.75) is 28.5 Å². The van der Waals surface area contributed by atoms with Gasteiger partial charge in [0.1, 0.15) is 6.04 Å². The molecule has 2 amide bonds. The number of rotatable bonds is 5. The minimum absolute atomic E-state index is 0.121. The van der Waals surface area contributed by atoms with Gasteiger partial charge in [-0.25, -0.2) is 4.79 Å². The Morgan fingerprint density at radius 2 is 1.77 bits per heavy atom. The average Bonchev–Trinajstić information content (AvgIpc) is 3.06. The number of thioether (sulfide) groups is 1. The lowest BCUT2D eigenvalue weighted by molar-refractivity contribution is -0.155. The van der Waals surface area contributed by atoms with Crippen LogP contribution in [0.15, 0.2) is 0 Å². The van der Waals surface area contributed by atoms with Crippen LogP contribution < -0.4 is 0 Å². The Morgan fingerprint density at radius 1 is 1.27 bits per heavy atom. The topological polar surface area (TPSA) is 74.7 Å². The standard InChI is InChI=1S/C14H17Br2NO4S/c1-22-3-2-7(14(20)21)17-12(18)8-5-4-6(9(8)13(17)19)11(16)10(5)15/h5-11H,2-4H2,1H3,(H,20,21)/t5-,6-,7-,8-,9-,10-,11+/m1/s1. The van der Waals surface area contributed by atoms with E-state index in [0.717, 1.165) is 11.3 Å². The predicted octanol–water partition coefficient (Wildman–Crippen LogP) is 1.97. The number of carboxylic acid groups (broad SMARTS) is 1. The number of carboxylic acids is 1. The Balaban J connectivity index is 1.88. The van der Waals surface area contributed by atoms with Gasteiger partial charge in [-0.3, -0.25) is 14.5 Å². The zero-order valence-corrected chi connectivity index (χ0v) is 15.9. The van der Waals surface area contributed by atoms with Crippen molar-refractivity contribution in [1.82, 2.24) is 4.90 Å². The largest absolute Gasteiger partial charge is 0.480 e. The number of fused-ring (bicyclic) bond motifs is 5. The number of carbonyl (C=O) groups is 3. The Hall–Kier alpha value is -0.0800. The second kappa shape index (κ2) is 6.09. The van der Waals surface area contributed by atoms with E-state index in [1.807, 2.05) is 6.26 Å². The number of halogens is 2. The van der Waals surface area contributed by atoms with Crippen molar-refractivity contribution in [2.75, 3.05) is 12.0 Å². The summed E-state index contributed by atoms with van der Waals surface area (Å²) in [5.41, 5.74) is 0. The van der Waals surface area contributed by atoms with Gasteiger partial charge in [0.15, 0.2) is 0 Å². The normalized spacial score (nSPS) is 41.1. The van der Waals surface area contributed by atoms with Gasteiger partial charge in [-0.05, 0) is 36.7 Å². The molecule has 5 nitrogen and oxygen atoms in total. The van der Waals surface area contributed by atoms with Crippen LogP contribution in [0.25, 0.3) is 0 Å². The Morgan fingerprint density at radius 3 is 2.18 bits per heavy atom. The van der Waals surface area contributed by atoms with E-state index in [0.29, 0.717) is 12.2 Å². The molecule has 2 saturated carbocycles. The minimum atomic E-state index is -1.09. The van der Waals surface area contributed by atoms with Crippen LogP contribution in [0.3, 0.4) is 0 Å². The smallest absolute Gasteiger partial charge is 0.326 e. The molecule has 0 unspecified atom stereocenters. The molecule has 0 radical (unpaired) electrons. The first-order valence-corrected chi connectivity index (χ1v) is 10.5. The van der Waals surface area contributed by atoms with Crippen molar-refractivity contribution in [2.24, 2.45) is 23.7 Å². The first-order valence-electron chi connectivity index (χ1n) is 7.27. The fourth-order valence-corrected chi connectivity index (χ4v) is 6.60. The van der Waals surface area contributed by atoms with E-state index < -0.39 is 12.0 Å². The zero-order valence-electron chi connectivity index (χ0n) is 11.9. The summed E-state index contributed by atoms with van der Waals surface area (Å²) in [5, 5.41) is 9.44. The lowest BCUT2D eigenvalue weighted by Gasteiger charge is -2.28. The molecule has 8 heteroatoms. The van der Waals surface area contributed by atoms with Crippen molar-refractivity contribution in [3.8, 4) is 0 Å². The Kier molecular flexibility index (Phi) is 4.64. The molecule has 3 rings (SSSR count). The minimum Gasteiger partial charge on any atom is -0.480 e. The summed E-state index contributed by atoms with van der Waals surface area (Å²) < 4.78 is 0. The van der Waals surface area contributed by atoms with E-state index in [-0.39, 0.29) is 45.1 Å². The molecule has 7 atom stereocenters. The molecule has 2 bridgehead atoms. The van der Waals surface area contributed by atoms with Crippen LogP contribution in [-0.4, -0.2) is 55.5 Å². The first kappa shape index (κ1) is 16.8. The molecular weight excluding hydrogens is 438 g/mol. The van der Waals surface area contributed by atoms with Gasteiger partial charge in [-0.1, -0.05) is 31.9 Å². The van der Waals surface area contributed by atoms with Crippen LogP contribution >= 0.6 is 43.6 Å². The van der Waals surface area contributed by atoms with E-state index >= 15 is 0 Å². The van der Waals surface area contributed by atoms with Crippen molar-refractivity contribution >= 4 is 61.4 Å². The van der Waals surface area contributed by atoms with E-state index in [1.165, 1.54) is 11.8 Å². The Labute approximate surface area is 149 Å². The first-order chi connectivity index (χ1) is 10.4. The van der Waals surface area contributed by atoms with Gasteiger partial charge in [0, 0.05) is 9.65 Å². The highest BCUT2D eigenvalue weighted by Crippen LogP contribution is 2.60. The lowest BCUT2D eigenvalue weighted by atomic mass is 9.81. The van der Waals surface area contributed by atoms with E-state index in [1.54, 1.807) is 0 Å². The van der Waals surface area contributed by atoms with Gasteiger partial charge in [0.2, 0.25) is 11.8 Å². The fraction of sp³-hybridized carbons (Fsp3) is 0.786. The number of imide groups is 1. The molecule has 0 aromatic carbocycles. The summed E-state index contributed by atoms with van der Waals surface area (Å²) in [6.07, 6.45) is 3.04. The zero-order chi connectivity index (χ0) is 16.2. The third-order valence-corrected chi connectivity index (χ3v) is 9.06. The lowest BCUT2D eigenvalue weighted by Crippen LogP contribution is -2.46. The molecule has 122 valence electrons. The van der Waals surface area contributed by atoms with Crippen molar-refractivity contribution in [3.63, 3.8) is 0 Å². The van der Waals surface area contributed by atoms with Crippen LogP contribution in [0.4, 0.5) is 0 Å². The van der Waals surface area contributed by atoms with Crippen LogP contribution in [0.1, 0.15) is 12.8 Å². The quantitative estimate of drug-likeness (QED) is 0.507. The van der Waals surface area contributed by atoms with Gasteiger partial charge in [0.25, 0.3) is 0 Å². The van der Waals surface area contributed by atoms with Crippen LogP contribution in [0, 0.1) is 23.7 Å². The number of alkyl halides is 2. The number of carbonyl (C=O) groups excluding carboxylic acids is 2. The molecule has 0 aromatic heterocycles. The van der Waals surface area contributed by atoms with Gasteiger partial charge in [-0.2, -0.15) is 11.8 Å². The number of amides is 2. The van der Waals surface area contributed by atoms with Gasteiger partial charge >= 0.3 is 5.97 Å². The molecule has 1 heterocycles. The fourth-order valence-electron chi connectivity index (χ4n) is 4.27. The molecule has 0 aromatic rings. The summed E-state index contributed by atoms with van der Waals surface area (Å²) in [5.74, 6) is -1.47. The highest BCUT2D eigenvalue weighted by atomic mass is 79.9. The summed E-state index contributed by atoms with van der Waals surface area (Å²) in [6.45, 7) is 0. The maximum Gasteiger partial charge on any atom is 0.326 e. The van der Waals surface area contributed by atoms with Gasteiger partial charge in [0.05, 0.1) is 11.8 Å². The summed E-state index contributed by atoms with van der Waals surface area (Å²) in [7, 11) is 0. The summed E-state index contributed by atoms with van der Waals surface area (Å²) >= 11 is 8.76. The second-order valence-corrected chi connectivity index (χ2v) is 9.29. The molecule has 0 spiro atoms. The highest BCUT2D eigenvalue weighted by molar-refractivity contribution is 9.12. The maximum absolute atomic E-state index is 12.7. The molecule has 3 aliphatic rings. The summed E-state index contributed by atoms with van der Waals surface area (Å²) in [6, 6.07) is -1.03. The van der Waals surface area contributed by atoms with E-state index in [4.69, 9.17) is 0 Å².